The van der Waals surface area contributed by atoms with Crippen LogP contribution in [-0.4, -0.2) is 0 Å². The van der Waals surface area contributed by atoms with Gasteiger partial charge in [-0.1, -0.05) is 155 Å². The Hall–Kier alpha value is -8.15. The van der Waals surface area contributed by atoms with E-state index in [1.165, 1.54) is 192 Å². The van der Waals surface area contributed by atoms with Gasteiger partial charge in [0.15, 0.2) is 31.0 Å². The van der Waals surface area contributed by atoms with Crippen LogP contribution in [0.1, 0.15) is 236 Å². The molecule has 10 aromatic rings. The third-order valence-corrected chi connectivity index (χ3v) is 22.6. The molecule has 0 amide bonds. The minimum Gasteiger partial charge on any atom is -0.201 e. The molecule has 98 heavy (non-hydrogen) atoms. The second-order valence-electron chi connectivity index (χ2n) is 29.6. The molecule has 5 aliphatic rings. The first-order chi connectivity index (χ1) is 49.1. The number of benzene rings is 5. The molecule has 0 spiro atoms. The molecule has 0 aliphatic heterocycles. The van der Waals surface area contributed by atoms with Gasteiger partial charge in [0.1, 0.15) is 35.2 Å². The monoisotopic (exact) mass is 1310 g/mol. The van der Waals surface area contributed by atoms with Crippen LogP contribution in [0.15, 0.2) is 195 Å². The lowest BCUT2D eigenvalue weighted by Gasteiger charge is -2.14. The minimum atomic E-state index is -2.20. The highest BCUT2D eigenvalue weighted by atomic mass is 14.9. The largest absolute Gasteiger partial charge is 0.212 e. The van der Waals surface area contributed by atoms with Gasteiger partial charge >= 0.3 is 0 Å². The average Bonchev–Trinajstić information content (AvgIpc) is 1.46. The van der Waals surface area contributed by atoms with E-state index in [2.05, 4.69) is 265 Å². The number of pyridine rings is 5. The predicted molar refractivity (Wildman–Crippen MR) is 409 cm³/mol. The standard InChI is InChI=1S/3C19H24N.2C18H22N/c2*1-14-8-4-7-11-17(14)19-12-18(15(2)13-20(19)3)16-9-5-6-10-16;1-14-8-4-7-11-17(14)19-12-15(2)18(13-20(19)3)16-9-5-6-10-16;1-14-7-3-6-10-17(14)18-13-16(11-12-19(18)2)15-8-4-5-9-15;1-14-7-3-6-10-17(14)18-12-11-16(13-19(18)2)15-8-4-5-9-15/h3*4,7-8,11-13,16H,5-6,9-10H2,1-3H3;2*3,6-7,10-13,15H,4-5,8-9H2,1-2H3/q5*+1/i2D3,16D;;;;. The molecule has 508 valence electrons. The topological polar surface area (TPSA) is 19.4 Å². The van der Waals surface area contributed by atoms with Crippen LogP contribution >= 0.6 is 0 Å². The number of aromatic nitrogens is 5. The van der Waals surface area contributed by atoms with E-state index in [-0.39, 0.29) is 0 Å². The van der Waals surface area contributed by atoms with E-state index in [4.69, 9.17) is 5.48 Å². The maximum Gasteiger partial charge on any atom is 0.212 e. The molecule has 5 fully saturated rings. The van der Waals surface area contributed by atoms with Crippen molar-refractivity contribution in [2.45, 2.75) is 213 Å². The Balaban J connectivity index is 0.000000128. The van der Waals surface area contributed by atoms with Gasteiger partial charge in [-0.05, 0) is 236 Å². The van der Waals surface area contributed by atoms with Crippen LogP contribution in [0.3, 0.4) is 0 Å². The summed E-state index contributed by atoms with van der Waals surface area (Å²) in [5, 5.41) is 0. The Bertz CT molecular complexity index is 4490. The second kappa shape index (κ2) is 33.6. The van der Waals surface area contributed by atoms with Gasteiger partial charge in [-0.25, -0.2) is 22.8 Å². The van der Waals surface area contributed by atoms with Crippen molar-refractivity contribution in [3.05, 3.63) is 267 Å². The molecule has 0 N–H and O–H groups in total. The SMILES string of the molecule is Cc1ccccc1-c1cc(C)c(C2CCCC2)c[n+]1C.Cc1ccccc1-c1cc(C2CCCC2)c(C)c[n+]1C.Cc1ccccc1-c1cc(C2CCCC2)cc[n+]1C.Cc1ccccc1-c1ccc(C2CCCC2)c[n+]1C.[2H]C([2H])([2H])c1c[n+](C)c(-c2ccccc2C)cc1C1([2H])CCCC1. The summed E-state index contributed by atoms with van der Waals surface area (Å²) in [6.07, 6.45) is 36.4. The first-order valence-corrected chi connectivity index (χ1v) is 37.4. The lowest BCUT2D eigenvalue weighted by atomic mass is 9.92. The van der Waals surface area contributed by atoms with E-state index in [0.717, 1.165) is 66.2 Å². The van der Waals surface area contributed by atoms with Crippen LogP contribution in [0.2, 0.25) is 0 Å². The van der Waals surface area contributed by atoms with Gasteiger partial charge in [0, 0.05) is 92.0 Å². The van der Waals surface area contributed by atoms with Crippen molar-refractivity contribution in [1.82, 2.24) is 0 Å². The summed E-state index contributed by atoms with van der Waals surface area (Å²) in [4.78, 5) is 0. The Labute approximate surface area is 597 Å². The summed E-state index contributed by atoms with van der Waals surface area (Å²) in [6.45, 7) is 13.1. The van der Waals surface area contributed by atoms with Crippen LogP contribution < -0.4 is 22.8 Å². The van der Waals surface area contributed by atoms with E-state index >= 15 is 0 Å². The van der Waals surface area contributed by atoms with Gasteiger partial charge in [-0.2, -0.15) is 0 Å². The van der Waals surface area contributed by atoms with Crippen molar-refractivity contribution in [2.24, 2.45) is 35.2 Å². The van der Waals surface area contributed by atoms with Gasteiger partial charge in [0.05, 0.1) is 0 Å². The fraction of sp³-hybridized carbons (Fsp3) is 0.409. The Morgan fingerprint density at radius 1 is 0.276 bits per heavy atom. The second-order valence-corrected chi connectivity index (χ2v) is 29.6. The summed E-state index contributed by atoms with van der Waals surface area (Å²) in [6, 6.07) is 58.8. The highest BCUT2D eigenvalue weighted by Gasteiger charge is 2.28. The van der Waals surface area contributed by atoms with Gasteiger partial charge in [-0.3, -0.25) is 0 Å². The van der Waals surface area contributed by atoms with Crippen LogP contribution in [0.25, 0.3) is 56.3 Å². The molecule has 0 radical (unpaired) electrons. The maximum atomic E-state index is 8.87. The zero-order chi connectivity index (χ0) is 72.2. The minimum absolute atomic E-state index is 0.319. The molecule has 5 aromatic carbocycles. The van der Waals surface area contributed by atoms with Crippen LogP contribution in [0.4, 0.5) is 0 Å². The zero-order valence-electron chi connectivity index (χ0n) is 65.7. The Morgan fingerprint density at radius 2 is 0.622 bits per heavy atom. The zero-order valence-corrected chi connectivity index (χ0v) is 61.7. The highest BCUT2D eigenvalue weighted by molar-refractivity contribution is 5.65. The van der Waals surface area contributed by atoms with Crippen LogP contribution in [-0.2, 0) is 35.2 Å². The number of hydrogen-bond donors (Lipinski definition) is 0. The Morgan fingerprint density at radius 3 is 1.06 bits per heavy atom. The molecule has 5 saturated carbocycles. The lowest BCUT2D eigenvalue weighted by molar-refractivity contribution is -0.661. The first-order valence-electron chi connectivity index (χ1n) is 39.4. The summed E-state index contributed by atoms with van der Waals surface area (Å²) in [5.74, 6) is 2.35. The van der Waals surface area contributed by atoms with Gasteiger partial charge in [0.2, 0.25) is 28.5 Å². The van der Waals surface area contributed by atoms with Crippen molar-refractivity contribution in [3.63, 3.8) is 0 Å². The summed E-state index contributed by atoms with van der Waals surface area (Å²) >= 11 is 0. The summed E-state index contributed by atoms with van der Waals surface area (Å²) in [7, 11) is 10.5. The fourth-order valence-electron chi connectivity index (χ4n) is 16.8. The van der Waals surface area contributed by atoms with Crippen molar-refractivity contribution < 1.29 is 28.3 Å². The predicted octanol–water partition coefficient (Wildman–Crippen LogP) is 21.6. The highest BCUT2D eigenvalue weighted by Crippen LogP contribution is 2.41. The quantitative estimate of drug-likeness (QED) is 0.122. The van der Waals surface area contributed by atoms with Crippen molar-refractivity contribution in [1.29, 1.82) is 0 Å². The van der Waals surface area contributed by atoms with E-state index in [1.807, 2.05) is 29.8 Å². The molecule has 0 saturated heterocycles. The molecule has 5 heterocycles. The summed E-state index contributed by atoms with van der Waals surface area (Å²) in [5.41, 5.74) is 29.3. The first kappa shape index (κ1) is 65.8. The van der Waals surface area contributed by atoms with E-state index < -0.39 is 12.7 Å². The van der Waals surface area contributed by atoms with Crippen molar-refractivity contribution >= 4 is 0 Å². The van der Waals surface area contributed by atoms with Gasteiger partial charge in [0.25, 0.3) is 0 Å². The molecule has 5 aliphatic carbocycles. The average molecular weight is 1310 g/mol. The fourth-order valence-corrected chi connectivity index (χ4v) is 16.8. The molecule has 0 bridgehead atoms. The smallest absolute Gasteiger partial charge is 0.201 e. The third kappa shape index (κ3) is 17.3. The third-order valence-electron chi connectivity index (χ3n) is 22.6. The maximum absolute atomic E-state index is 8.87. The van der Waals surface area contributed by atoms with Crippen LogP contribution in [0, 0.1) is 55.3 Å². The number of nitrogens with zero attached hydrogens (tertiary/aromatic N) is 5. The molecule has 15 rings (SSSR count). The molecule has 0 atom stereocenters. The molecule has 5 aromatic heterocycles. The summed E-state index contributed by atoms with van der Waals surface area (Å²) < 4.78 is 43.6. The number of rotatable bonds is 10. The number of hydrogen-bond acceptors (Lipinski definition) is 0. The van der Waals surface area contributed by atoms with Gasteiger partial charge < -0.3 is 0 Å². The normalized spacial score (nSPS) is 16.9. The Kier molecular flexibility index (Phi) is 22.6. The molecule has 0 unspecified atom stereocenters. The van der Waals surface area contributed by atoms with Crippen LogP contribution in [0.5, 0.6) is 0 Å². The lowest BCUT2D eigenvalue weighted by Crippen LogP contribution is -2.32. The van der Waals surface area contributed by atoms with E-state index in [9.17, 15) is 0 Å². The van der Waals surface area contributed by atoms with Gasteiger partial charge in [-0.15, -0.1) is 0 Å². The molecular weight excluding hydrogens is 1190 g/mol. The molecule has 5 nitrogen and oxygen atoms in total. The molecular formula is C93H116N5+5. The van der Waals surface area contributed by atoms with E-state index in [1.54, 1.807) is 17.3 Å². The molecule has 5 heteroatoms. The van der Waals surface area contributed by atoms with E-state index in [0.29, 0.717) is 11.1 Å². The number of aryl methyl sites for hydroxylation is 13. The van der Waals surface area contributed by atoms with Crippen molar-refractivity contribution in [3.8, 4) is 56.3 Å². The van der Waals surface area contributed by atoms with Crippen molar-refractivity contribution in [2.75, 3.05) is 0 Å².